The molecular formula is C40H27NO. The number of anilines is 3. The van der Waals surface area contributed by atoms with E-state index in [0.717, 1.165) is 39.4 Å². The predicted molar refractivity (Wildman–Crippen MR) is 177 cm³/mol. The van der Waals surface area contributed by atoms with Gasteiger partial charge in [0.05, 0.1) is 5.69 Å². The predicted octanol–water partition coefficient (Wildman–Crippen LogP) is 11.5. The Morgan fingerprint density at radius 3 is 1.90 bits per heavy atom. The van der Waals surface area contributed by atoms with Crippen molar-refractivity contribution in [3.05, 3.63) is 164 Å². The number of hydrogen-bond donors (Lipinski definition) is 0. The summed E-state index contributed by atoms with van der Waals surface area (Å²) in [6.45, 7) is 0. The molecule has 0 radical (unpaired) electrons. The van der Waals surface area contributed by atoms with Gasteiger partial charge < -0.3 is 9.32 Å². The van der Waals surface area contributed by atoms with Crippen LogP contribution in [0, 0.1) is 0 Å². The molecule has 1 aromatic heterocycles. The second-order valence-corrected chi connectivity index (χ2v) is 10.6. The van der Waals surface area contributed by atoms with Crippen molar-refractivity contribution in [2.45, 2.75) is 0 Å². The van der Waals surface area contributed by atoms with Crippen molar-refractivity contribution in [1.29, 1.82) is 0 Å². The molecule has 0 spiro atoms. The first kappa shape index (κ1) is 24.2. The van der Waals surface area contributed by atoms with Gasteiger partial charge in [0.1, 0.15) is 11.3 Å². The third-order valence-corrected chi connectivity index (χ3v) is 8.05. The highest BCUT2D eigenvalue weighted by molar-refractivity contribution is 6.08. The summed E-state index contributed by atoms with van der Waals surface area (Å²) < 4.78 is 6.33. The molecule has 0 amide bonds. The van der Waals surface area contributed by atoms with Crippen LogP contribution in [0.5, 0.6) is 0 Å². The van der Waals surface area contributed by atoms with Crippen LogP contribution in [0.4, 0.5) is 17.1 Å². The molecule has 0 unspecified atom stereocenters. The first-order valence-corrected chi connectivity index (χ1v) is 14.3. The average molecular weight is 538 g/mol. The minimum Gasteiger partial charge on any atom is -0.456 e. The Morgan fingerprint density at radius 1 is 0.405 bits per heavy atom. The molecule has 42 heavy (non-hydrogen) atoms. The standard InChI is InChI=1S/C40H27NO/c1-2-12-33(13-3-1)41(38-16-8-7-15-37(38)40-27-32-11-5-9-17-39(32)42-40)34-23-20-28(21-24-34)30-22-25-36-31(26-30)19-18-29-10-4-6-14-35(29)36/h1-27H. The Balaban J connectivity index is 1.22. The number of benzene rings is 7. The van der Waals surface area contributed by atoms with E-state index in [2.05, 4.69) is 150 Å². The zero-order valence-corrected chi connectivity index (χ0v) is 22.9. The lowest BCUT2D eigenvalue weighted by atomic mass is 9.97. The van der Waals surface area contributed by atoms with Crippen LogP contribution < -0.4 is 4.90 Å². The molecule has 8 aromatic rings. The smallest absolute Gasteiger partial charge is 0.137 e. The summed E-state index contributed by atoms with van der Waals surface area (Å²) >= 11 is 0. The number of rotatable bonds is 5. The molecule has 0 aliphatic heterocycles. The highest BCUT2D eigenvalue weighted by atomic mass is 16.3. The maximum absolute atomic E-state index is 6.33. The molecule has 0 saturated carbocycles. The van der Waals surface area contributed by atoms with Crippen LogP contribution in [-0.2, 0) is 0 Å². The third-order valence-electron chi connectivity index (χ3n) is 8.05. The van der Waals surface area contributed by atoms with E-state index in [0.29, 0.717) is 0 Å². The van der Waals surface area contributed by atoms with Crippen molar-refractivity contribution < 1.29 is 4.42 Å². The number of furan rings is 1. The van der Waals surface area contributed by atoms with E-state index < -0.39 is 0 Å². The first-order chi connectivity index (χ1) is 20.8. The van der Waals surface area contributed by atoms with Gasteiger partial charge in [-0.05, 0) is 87.3 Å². The van der Waals surface area contributed by atoms with Gasteiger partial charge in [0.25, 0.3) is 0 Å². The van der Waals surface area contributed by atoms with Crippen LogP contribution in [0.25, 0.3) is 55.0 Å². The van der Waals surface area contributed by atoms with Gasteiger partial charge in [-0.15, -0.1) is 0 Å². The number of nitrogens with zero attached hydrogens (tertiary/aromatic N) is 1. The molecule has 8 rings (SSSR count). The fraction of sp³-hybridized carbons (Fsp3) is 0. The Bertz CT molecular complexity index is 2160. The molecule has 0 fully saturated rings. The summed E-state index contributed by atoms with van der Waals surface area (Å²) in [5.74, 6) is 0.855. The zero-order chi connectivity index (χ0) is 27.9. The Labute approximate surface area is 244 Å². The van der Waals surface area contributed by atoms with E-state index in [1.165, 1.54) is 32.7 Å². The van der Waals surface area contributed by atoms with E-state index in [4.69, 9.17) is 4.42 Å². The van der Waals surface area contributed by atoms with Crippen LogP contribution in [0.15, 0.2) is 168 Å². The molecule has 1 heterocycles. The molecule has 7 aromatic carbocycles. The molecule has 0 aliphatic rings. The van der Waals surface area contributed by atoms with E-state index in [-0.39, 0.29) is 0 Å². The molecule has 2 nitrogen and oxygen atoms in total. The van der Waals surface area contributed by atoms with E-state index >= 15 is 0 Å². The second kappa shape index (κ2) is 10.1. The lowest BCUT2D eigenvalue weighted by Gasteiger charge is -2.27. The normalized spacial score (nSPS) is 11.3. The molecule has 2 heteroatoms. The molecule has 0 atom stereocenters. The van der Waals surface area contributed by atoms with Gasteiger partial charge in [-0.3, -0.25) is 0 Å². The molecule has 0 bridgehead atoms. The Kier molecular flexibility index (Phi) is 5.82. The minimum atomic E-state index is 0.855. The van der Waals surface area contributed by atoms with Crippen molar-refractivity contribution in [2.24, 2.45) is 0 Å². The molecule has 0 aliphatic carbocycles. The second-order valence-electron chi connectivity index (χ2n) is 10.6. The van der Waals surface area contributed by atoms with Crippen LogP contribution >= 0.6 is 0 Å². The van der Waals surface area contributed by atoms with Crippen molar-refractivity contribution in [1.82, 2.24) is 0 Å². The summed E-state index contributed by atoms with van der Waals surface area (Å²) in [6.07, 6.45) is 0. The third kappa shape index (κ3) is 4.22. The molecule has 198 valence electrons. The summed E-state index contributed by atoms with van der Waals surface area (Å²) in [5.41, 5.74) is 7.56. The van der Waals surface area contributed by atoms with Crippen LogP contribution in [0.3, 0.4) is 0 Å². The van der Waals surface area contributed by atoms with Crippen molar-refractivity contribution in [2.75, 3.05) is 4.90 Å². The average Bonchev–Trinajstić information content (AvgIpc) is 3.50. The fourth-order valence-electron chi connectivity index (χ4n) is 5.99. The van der Waals surface area contributed by atoms with Crippen molar-refractivity contribution >= 4 is 49.6 Å². The number of hydrogen-bond acceptors (Lipinski definition) is 2. The molecule has 0 N–H and O–H groups in total. The number of fused-ring (bicyclic) bond motifs is 4. The van der Waals surface area contributed by atoms with Gasteiger partial charge in [-0.1, -0.05) is 109 Å². The van der Waals surface area contributed by atoms with Crippen molar-refractivity contribution in [3.8, 4) is 22.5 Å². The van der Waals surface area contributed by atoms with E-state index in [9.17, 15) is 0 Å². The highest BCUT2D eigenvalue weighted by Crippen LogP contribution is 2.42. The monoisotopic (exact) mass is 537 g/mol. The van der Waals surface area contributed by atoms with Gasteiger partial charge in [0.2, 0.25) is 0 Å². The van der Waals surface area contributed by atoms with Gasteiger partial charge in [-0.2, -0.15) is 0 Å². The topological polar surface area (TPSA) is 16.4 Å². The van der Waals surface area contributed by atoms with Gasteiger partial charge in [0, 0.05) is 22.3 Å². The Hall–Kier alpha value is -5.60. The van der Waals surface area contributed by atoms with Crippen LogP contribution in [0.1, 0.15) is 0 Å². The van der Waals surface area contributed by atoms with Gasteiger partial charge in [-0.25, -0.2) is 0 Å². The van der Waals surface area contributed by atoms with Crippen molar-refractivity contribution in [3.63, 3.8) is 0 Å². The summed E-state index contributed by atoms with van der Waals surface area (Å²) in [4.78, 5) is 2.30. The van der Waals surface area contributed by atoms with E-state index in [1.54, 1.807) is 0 Å². The summed E-state index contributed by atoms with van der Waals surface area (Å²) in [6, 6.07) is 57.9. The number of para-hydroxylation sites is 3. The Morgan fingerprint density at radius 2 is 1.05 bits per heavy atom. The lowest BCUT2D eigenvalue weighted by molar-refractivity contribution is 0.631. The SMILES string of the molecule is c1ccc(N(c2ccc(-c3ccc4c(ccc5ccccc54)c3)cc2)c2ccccc2-c2cc3ccccc3o2)cc1. The van der Waals surface area contributed by atoms with Crippen LogP contribution in [-0.4, -0.2) is 0 Å². The highest BCUT2D eigenvalue weighted by Gasteiger charge is 2.19. The summed E-state index contributed by atoms with van der Waals surface area (Å²) in [7, 11) is 0. The fourth-order valence-corrected chi connectivity index (χ4v) is 5.99. The maximum atomic E-state index is 6.33. The quantitative estimate of drug-likeness (QED) is 0.203. The lowest BCUT2D eigenvalue weighted by Crippen LogP contribution is -2.10. The maximum Gasteiger partial charge on any atom is 0.137 e. The van der Waals surface area contributed by atoms with Crippen LogP contribution in [0.2, 0.25) is 0 Å². The van der Waals surface area contributed by atoms with Gasteiger partial charge >= 0.3 is 0 Å². The van der Waals surface area contributed by atoms with Gasteiger partial charge in [0.15, 0.2) is 0 Å². The largest absolute Gasteiger partial charge is 0.456 e. The minimum absolute atomic E-state index is 0.855. The van der Waals surface area contributed by atoms with E-state index in [1.807, 2.05) is 18.2 Å². The molecular weight excluding hydrogens is 510 g/mol. The molecule has 0 saturated heterocycles. The first-order valence-electron chi connectivity index (χ1n) is 14.3. The summed E-state index contributed by atoms with van der Waals surface area (Å²) in [5, 5.41) is 6.19. The zero-order valence-electron chi connectivity index (χ0n) is 22.9.